The molecule has 0 aromatic heterocycles. The summed E-state index contributed by atoms with van der Waals surface area (Å²) in [7, 11) is 0. The van der Waals surface area contributed by atoms with Crippen molar-refractivity contribution in [2.24, 2.45) is 0 Å². The van der Waals surface area contributed by atoms with E-state index in [1.807, 2.05) is 27.7 Å². The lowest BCUT2D eigenvalue weighted by molar-refractivity contribution is -0.156. The van der Waals surface area contributed by atoms with E-state index in [1.165, 1.54) is 0 Å². The Bertz CT molecular complexity index is 591. The van der Waals surface area contributed by atoms with E-state index >= 15 is 0 Å². The van der Waals surface area contributed by atoms with Crippen molar-refractivity contribution in [2.75, 3.05) is 159 Å². The lowest BCUT2D eigenvalue weighted by Crippen LogP contribution is -2.24. The normalized spacial score (nSPS) is 11.8. The highest BCUT2D eigenvalue weighted by Gasteiger charge is 2.15. The minimum atomic E-state index is -0.473. The Morgan fingerprint density at radius 1 is 0.356 bits per heavy atom. The summed E-state index contributed by atoms with van der Waals surface area (Å²) in [6.45, 7) is 19.7. The zero-order valence-corrected chi connectivity index (χ0v) is 28.4. The smallest absolute Gasteiger partial charge is 0.308 e. The van der Waals surface area contributed by atoms with Crippen LogP contribution in [0.4, 0.5) is 0 Å². The van der Waals surface area contributed by atoms with Crippen LogP contribution in [0, 0.1) is 0 Å². The average molecular weight is 659 g/mol. The third-order valence-electron chi connectivity index (χ3n) is 5.17. The van der Waals surface area contributed by atoms with Crippen LogP contribution >= 0.6 is 0 Å². The van der Waals surface area contributed by atoms with E-state index in [1.54, 1.807) is 0 Å². The molecule has 0 saturated heterocycles. The van der Waals surface area contributed by atoms with Crippen LogP contribution < -0.4 is 0 Å². The Labute approximate surface area is 270 Å². The molecule has 0 aliphatic heterocycles. The van der Waals surface area contributed by atoms with Crippen LogP contribution in [0.3, 0.4) is 0 Å². The van der Waals surface area contributed by atoms with E-state index in [9.17, 15) is 4.79 Å². The van der Waals surface area contributed by atoms with E-state index in [0.717, 1.165) is 0 Å². The summed E-state index contributed by atoms with van der Waals surface area (Å²) in [4.78, 5) is 11.6. The van der Waals surface area contributed by atoms with Gasteiger partial charge in [0, 0.05) is 6.61 Å². The fourth-order valence-electron chi connectivity index (χ4n) is 3.11. The van der Waals surface area contributed by atoms with Gasteiger partial charge in [-0.2, -0.15) is 0 Å². The largest absolute Gasteiger partial charge is 0.460 e. The Hall–Kier alpha value is -1.01. The van der Waals surface area contributed by atoms with E-state index < -0.39 is 5.60 Å². The van der Waals surface area contributed by atoms with Crippen molar-refractivity contribution in [3.8, 4) is 0 Å². The van der Waals surface area contributed by atoms with Crippen LogP contribution in [0.25, 0.3) is 0 Å². The van der Waals surface area contributed by atoms with Crippen LogP contribution in [0.2, 0.25) is 0 Å². The Morgan fingerprint density at radius 2 is 0.556 bits per heavy atom. The molecule has 0 saturated carbocycles. The number of ether oxygens (including phenoxy) is 13. The molecule has 0 aromatic rings. The summed E-state index contributed by atoms with van der Waals surface area (Å²) in [6.07, 6.45) is 0.233. The fourth-order valence-corrected chi connectivity index (χ4v) is 3.11. The summed E-state index contributed by atoms with van der Waals surface area (Å²) in [5.74, 6) is -0.264. The molecule has 0 bridgehead atoms. The van der Waals surface area contributed by atoms with Gasteiger partial charge in [0.2, 0.25) is 0 Å². The number of rotatable bonds is 37. The highest BCUT2D eigenvalue weighted by atomic mass is 16.6. The minimum Gasteiger partial charge on any atom is -0.460 e. The minimum absolute atomic E-state index is 0.233. The van der Waals surface area contributed by atoms with Crippen molar-refractivity contribution in [3.63, 3.8) is 0 Å². The zero-order valence-electron chi connectivity index (χ0n) is 28.4. The molecule has 0 atom stereocenters. The third-order valence-corrected chi connectivity index (χ3v) is 5.17. The molecule has 14 heteroatoms. The third kappa shape index (κ3) is 41.0. The lowest BCUT2D eigenvalue weighted by Gasteiger charge is -2.19. The Kier molecular flexibility index (Phi) is 35.0. The summed E-state index contributed by atoms with van der Waals surface area (Å²) in [5.41, 5.74) is -0.473. The maximum Gasteiger partial charge on any atom is 0.308 e. The first-order chi connectivity index (χ1) is 22.0. The number of hydrogen-bond acceptors (Lipinski definition) is 14. The molecule has 0 aliphatic rings. The second-order valence-electron chi connectivity index (χ2n) is 10.3. The molecule has 0 aliphatic carbocycles. The lowest BCUT2D eigenvalue weighted by atomic mass is 10.2. The van der Waals surface area contributed by atoms with Gasteiger partial charge in [0.15, 0.2) is 0 Å². The second kappa shape index (κ2) is 35.8. The first kappa shape index (κ1) is 44.0. The molecule has 14 nitrogen and oxygen atoms in total. The van der Waals surface area contributed by atoms with Gasteiger partial charge < -0.3 is 61.6 Å². The van der Waals surface area contributed by atoms with E-state index in [0.29, 0.717) is 159 Å². The molecule has 0 aromatic carbocycles. The summed E-state index contributed by atoms with van der Waals surface area (Å²) in [5, 5.41) is 0. The summed E-state index contributed by atoms with van der Waals surface area (Å²) >= 11 is 0. The molecular formula is C31H62O14. The van der Waals surface area contributed by atoms with Crippen LogP contribution in [0.15, 0.2) is 0 Å². The fraction of sp³-hybridized carbons (Fsp3) is 0.968. The molecule has 0 fully saturated rings. The van der Waals surface area contributed by atoms with Gasteiger partial charge in [-0.25, -0.2) is 0 Å². The molecule has 0 unspecified atom stereocenters. The van der Waals surface area contributed by atoms with Crippen LogP contribution in [0.1, 0.15) is 34.1 Å². The second-order valence-corrected chi connectivity index (χ2v) is 10.3. The molecule has 0 spiro atoms. The molecular weight excluding hydrogens is 596 g/mol. The van der Waals surface area contributed by atoms with Crippen molar-refractivity contribution in [1.82, 2.24) is 0 Å². The molecule has 0 heterocycles. The van der Waals surface area contributed by atoms with Gasteiger partial charge in [-0.3, -0.25) is 4.79 Å². The zero-order chi connectivity index (χ0) is 32.9. The molecule has 0 rings (SSSR count). The quantitative estimate of drug-likeness (QED) is 0.0710. The van der Waals surface area contributed by atoms with Gasteiger partial charge in [0.05, 0.1) is 158 Å². The van der Waals surface area contributed by atoms with E-state index in [2.05, 4.69) is 0 Å². The SMILES string of the molecule is CCOCCOCCOCCOCCOCCOCCOCCOCCOCCOCCOCCOCCC(=O)OC(C)(C)C. The Balaban J connectivity index is 3.09. The number of hydrogen-bond donors (Lipinski definition) is 0. The highest BCUT2D eigenvalue weighted by molar-refractivity contribution is 5.69. The predicted molar refractivity (Wildman–Crippen MR) is 166 cm³/mol. The molecule has 0 amide bonds. The van der Waals surface area contributed by atoms with Crippen molar-refractivity contribution >= 4 is 5.97 Å². The van der Waals surface area contributed by atoms with Crippen LogP contribution in [0.5, 0.6) is 0 Å². The number of carbonyl (C=O) groups is 1. The van der Waals surface area contributed by atoms with Crippen molar-refractivity contribution in [2.45, 2.75) is 39.7 Å². The highest BCUT2D eigenvalue weighted by Crippen LogP contribution is 2.08. The van der Waals surface area contributed by atoms with Crippen LogP contribution in [-0.2, 0) is 66.4 Å². The molecule has 270 valence electrons. The van der Waals surface area contributed by atoms with Gasteiger partial charge in [0.1, 0.15) is 5.60 Å². The van der Waals surface area contributed by atoms with Gasteiger partial charge >= 0.3 is 5.97 Å². The van der Waals surface area contributed by atoms with Crippen molar-refractivity contribution in [3.05, 3.63) is 0 Å². The topological polar surface area (TPSA) is 137 Å². The predicted octanol–water partition coefficient (Wildman–Crippen LogP) is 1.94. The molecule has 0 N–H and O–H groups in total. The van der Waals surface area contributed by atoms with Gasteiger partial charge in [0.25, 0.3) is 0 Å². The summed E-state index contributed by atoms with van der Waals surface area (Å²) < 4.78 is 70.2. The van der Waals surface area contributed by atoms with E-state index in [4.69, 9.17) is 61.6 Å². The monoisotopic (exact) mass is 658 g/mol. The summed E-state index contributed by atoms with van der Waals surface area (Å²) in [6, 6.07) is 0. The Morgan fingerprint density at radius 3 is 0.756 bits per heavy atom. The molecule has 0 radical (unpaired) electrons. The van der Waals surface area contributed by atoms with Crippen molar-refractivity contribution < 1.29 is 66.4 Å². The van der Waals surface area contributed by atoms with Crippen LogP contribution in [-0.4, -0.2) is 170 Å². The molecule has 45 heavy (non-hydrogen) atoms. The number of esters is 1. The average Bonchev–Trinajstić information content (AvgIpc) is 3.00. The van der Waals surface area contributed by atoms with Gasteiger partial charge in [-0.1, -0.05) is 0 Å². The maximum atomic E-state index is 11.6. The first-order valence-electron chi connectivity index (χ1n) is 16.1. The standard InChI is InChI=1S/C31H62O14/c1-5-33-8-9-35-12-13-37-16-17-39-20-21-41-24-25-43-28-29-44-27-26-42-23-22-40-19-18-38-15-14-36-11-10-34-7-6-30(32)45-31(2,3)4/h5-29H2,1-4H3. The number of carbonyl (C=O) groups excluding carboxylic acids is 1. The first-order valence-corrected chi connectivity index (χ1v) is 16.1. The van der Waals surface area contributed by atoms with Gasteiger partial charge in [-0.05, 0) is 27.7 Å². The maximum absolute atomic E-state index is 11.6. The van der Waals surface area contributed by atoms with E-state index in [-0.39, 0.29) is 12.4 Å². The van der Waals surface area contributed by atoms with Crippen molar-refractivity contribution in [1.29, 1.82) is 0 Å². The van der Waals surface area contributed by atoms with Gasteiger partial charge in [-0.15, -0.1) is 0 Å².